The molecule has 0 aromatic heterocycles. The molecule has 1 aromatic carbocycles. The molecule has 2 rings (SSSR count). The van der Waals surface area contributed by atoms with Gasteiger partial charge in [0, 0.05) is 0 Å². The van der Waals surface area contributed by atoms with Gasteiger partial charge in [0.15, 0.2) is 0 Å². The van der Waals surface area contributed by atoms with Crippen LogP contribution in [0, 0.1) is 11.7 Å². The van der Waals surface area contributed by atoms with Crippen LogP contribution in [0.1, 0.15) is 30.9 Å². The van der Waals surface area contributed by atoms with Gasteiger partial charge >= 0.3 is 0 Å². The van der Waals surface area contributed by atoms with Crippen LogP contribution in [0.3, 0.4) is 0 Å². The Kier molecular flexibility index (Phi) is 3.47. The Hall–Kier alpha value is -0.640. The molecule has 0 aliphatic heterocycles. The fourth-order valence-electron chi connectivity index (χ4n) is 1.99. The van der Waals surface area contributed by atoms with E-state index < -0.39 is 18.0 Å². The summed E-state index contributed by atoms with van der Waals surface area (Å²) in [6.07, 6.45) is 2.56. The van der Waals surface area contributed by atoms with Crippen LogP contribution in [-0.4, -0.2) is 11.2 Å². The number of aliphatic hydroxyl groups excluding tert-OH is 1. The van der Waals surface area contributed by atoms with E-state index in [1.807, 2.05) is 0 Å². The predicted octanol–water partition coefficient (Wildman–Crippen LogP) is 2.64. The van der Waals surface area contributed by atoms with E-state index in [0.717, 1.165) is 19.3 Å². The second-order valence-corrected chi connectivity index (χ2v) is 4.79. The van der Waals surface area contributed by atoms with Gasteiger partial charge in [0.2, 0.25) is 0 Å². The predicted molar refractivity (Wildman–Crippen MR) is 61.7 cm³/mol. The molecule has 4 heteroatoms. The summed E-state index contributed by atoms with van der Waals surface area (Å²) in [5.74, 6) is -0.232. The van der Waals surface area contributed by atoms with Crippen LogP contribution in [0.2, 0.25) is 5.02 Å². The largest absolute Gasteiger partial charge is 0.391 e. The Balaban J connectivity index is 2.12. The first-order chi connectivity index (χ1) is 7.59. The van der Waals surface area contributed by atoms with Crippen LogP contribution in [0.25, 0.3) is 0 Å². The minimum Gasteiger partial charge on any atom is -0.391 e. The summed E-state index contributed by atoms with van der Waals surface area (Å²) in [7, 11) is 0. The van der Waals surface area contributed by atoms with Gasteiger partial charge in [-0.3, -0.25) is 0 Å². The van der Waals surface area contributed by atoms with Crippen molar-refractivity contribution >= 4 is 11.6 Å². The maximum atomic E-state index is 13.2. The molecule has 3 N–H and O–H groups in total. The van der Waals surface area contributed by atoms with Gasteiger partial charge < -0.3 is 10.8 Å². The smallest absolute Gasteiger partial charge is 0.142 e. The van der Waals surface area contributed by atoms with Gasteiger partial charge in [0.05, 0.1) is 17.2 Å². The Bertz CT molecular complexity index is 381. The van der Waals surface area contributed by atoms with Gasteiger partial charge in [-0.1, -0.05) is 24.1 Å². The number of nitrogens with two attached hydrogens (primary N) is 1. The normalized spacial score (nSPS) is 20.2. The maximum Gasteiger partial charge on any atom is 0.142 e. The van der Waals surface area contributed by atoms with Crippen LogP contribution >= 0.6 is 11.6 Å². The van der Waals surface area contributed by atoms with Crippen LogP contribution in [-0.2, 0) is 0 Å². The molecular weight excluding hydrogens is 229 g/mol. The summed E-state index contributed by atoms with van der Waals surface area (Å²) < 4.78 is 13.2. The van der Waals surface area contributed by atoms with Gasteiger partial charge in [-0.2, -0.15) is 0 Å². The molecule has 0 amide bonds. The van der Waals surface area contributed by atoms with Gasteiger partial charge in [-0.15, -0.1) is 0 Å². The van der Waals surface area contributed by atoms with Crippen molar-refractivity contribution in [1.29, 1.82) is 0 Å². The third kappa shape index (κ3) is 2.21. The van der Waals surface area contributed by atoms with Gasteiger partial charge in [-0.05, 0) is 36.5 Å². The average molecular weight is 244 g/mol. The van der Waals surface area contributed by atoms with E-state index in [1.54, 1.807) is 6.07 Å². The first-order valence-corrected chi connectivity index (χ1v) is 5.86. The van der Waals surface area contributed by atoms with Crippen molar-refractivity contribution < 1.29 is 9.50 Å². The van der Waals surface area contributed by atoms with Crippen LogP contribution < -0.4 is 5.73 Å². The highest BCUT2D eigenvalue weighted by molar-refractivity contribution is 6.30. The number of halogens is 2. The lowest BCUT2D eigenvalue weighted by atomic mass is 9.77. The van der Waals surface area contributed by atoms with Crippen molar-refractivity contribution in [3.8, 4) is 0 Å². The molecule has 0 saturated heterocycles. The quantitative estimate of drug-likeness (QED) is 0.857. The molecule has 0 bridgehead atoms. The molecule has 16 heavy (non-hydrogen) atoms. The maximum absolute atomic E-state index is 13.2. The number of aliphatic hydroxyl groups is 1. The summed E-state index contributed by atoms with van der Waals surface area (Å²) in [6.45, 7) is 0. The highest BCUT2D eigenvalue weighted by Crippen LogP contribution is 2.34. The molecule has 2 atom stereocenters. The SMILES string of the molecule is N[C@@H](c1ccc(Cl)c(F)c1)[C@H](O)C1CCC1. The third-order valence-corrected chi connectivity index (χ3v) is 3.64. The van der Waals surface area contributed by atoms with E-state index >= 15 is 0 Å². The zero-order valence-corrected chi connectivity index (χ0v) is 9.62. The van der Waals surface area contributed by atoms with Crippen molar-refractivity contribution in [3.05, 3.63) is 34.6 Å². The summed E-state index contributed by atoms with van der Waals surface area (Å²) in [5.41, 5.74) is 6.51. The Labute approximate surface area is 99.2 Å². The van der Waals surface area contributed by atoms with Gasteiger partial charge in [0.25, 0.3) is 0 Å². The van der Waals surface area contributed by atoms with E-state index in [0.29, 0.717) is 5.56 Å². The van der Waals surface area contributed by atoms with Crippen LogP contribution in [0.5, 0.6) is 0 Å². The highest BCUT2D eigenvalue weighted by Gasteiger charge is 2.30. The van der Waals surface area contributed by atoms with E-state index in [9.17, 15) is 9.50 Å². The lowest BCUT2D eigenvalue weighted by Gasteiger charge is -2.33. The molecule has 2 nitrogen and oxygen atoms in total. The molecule has 0 unspecified atom stereocenters. The molecule has 1 aliphatic carbocycles. The monoisotopic (exact) mass is 243 g/mol. The Morgan fingerprint density at radius 1 is 1.44 bits per heavy atom. The standard InChI is InChI=1S/C12H15ClFNO/c13-9-5-4-8(6-10(9)14)11(15)12(16)7-2-1-3-7/h4-7,11-12,16H,1-3,15H2/t11-,12+/m0/s1. The van der Waals surface area contributed by atoms with Gasteiger partial charge in [-0.25, -0.2) is 4.39 Å². The van der Waals surface area contributed by atoms with E-state index in [4.69, 9.17) is 17.3 Å². The second-order valence-electron chi connectivity index (χ2n) is 4.38. The lowest BCUT2D eigenvalue weighted by molar-refractivity contribution is 0.0413. The molecule has 1 aromatic rings. The second kappa shape index (κ2) is 4.70. The summed E-state index contributed by atoms with van der Waals surface area (Å²) in [4.78, 5) is 0. The molecule has 1 saturated carbocycles. The highest BCUT2D eigenvalue weighted by atomic mass is 35.5. The summed E-state index contributed by atoms with van der Waals surface area (Å²) >= 11 is 5.59. The fourth-order valence-corrected chi connectivity index (χ4v) is 2.11. The summed E-state index contributed by atoms with van der Waals surface area (Å²) in [5, 5.41) is 10.0. The average Bonchev–Trinajstić information content (AvgIpc) is 2.18. The molecule has 88 valence electrons. The lowest BCUT2D eigenvalue weighted by Crippen LogP contribution is -2.36. The first-order valence-electron chi connectivity index (χ1n) is 5.48. The minimum absolute atomic E-state index is 0.0779. The van der Waals surface area contributed by atoms with Crippen molar-refractivity contribution in [2.24, 2.45) is 11.7 Å². The number of benzene rings is 1. The van der Waals surface area contributed by atoms with Crippen molar-refractivity contribution in [2.45, 2.75) is 31.4 Å². The number of hydrogen-bond acceptors (Lipinski definition) is 2. The van der Waals surface area contributed by atoms with Crippen molar-refractivity contribution in [2.75, 3.05) is 0 Å². The molecular formula is C12H15ClFNO. The van der Waals surface area contributed by atoms with Crippen LogP contribution in [0.4, 0.5) is 4.39 Å². The zero-order chi connectivity index (χ0) is 11.7. The Morgan fingerprint density at radius 3 is 2.62 bits per heavy atom. The fraction of sp³-hybridized carbons (Fsp3) is 0.500. The third-order valence-electron chi connectivity index (χ3n) is 3.33. The van der Waals surface area contributed by atoms with Gasteiger partial charge in [0.1, 0.15) is 5.82 Å². The molecule has 0 spiro atoms. The zero-order valence-electron chi connectivity index (χ0n) is 8.87. The molecule has 0 radical (unpaired) electrons. The number of rotatable bonds is 3. The van der Waals surface area contributed by atoms with Crippen molar-refractivity contribution in [3.63, 3.8) is 0 Å². The van der Waals surface area contributed by atoms with E-state index in [-0.39, 0.29) is 10.9 Å². The Morgan fingerprint density at radius 2 is 2.12 bits per heavy atom. The van der Waals surface area contributed by atoms with Crippen molar-refractivity contribution in [1.82, 2.24) is 0 Å². The van der Waals surface area contributed by atoms with E-state index in [1.165, 1.54) is 12.1 Å². The topological polar surface area (TPSA) is 46.2 Å². The molecule has 1 fully saturated rings. The molecule has 0 heterocycles. The van der Waals surface area contributed by atoms with E-state index in [2.05, 4.69) is 0 Å². The summed E-state index contributed by atoms with van der Waals surface area (Å²) in [6, 6.07) is 3.91. The molecule has 1 aliphatic rings. The first kappa shape index (κ1) is 11.8. The van der Waals surface area contributed by atoms with Crippen LogP contribution in [0.15, 0.2) is 18.2 Å². The minimum atomic E-state index is -0.589. The number of hydrogen-bond donors (Lipinski definition) is 2.